The number of amides is 1. The third kappa shape index (κ3) is 3.86. The summed E-state index contributed by atoms with van der Waals surface area (Å²) in [4.78, 5) is 17.2. The highest BCUT2D eigenvalue weighted by molar-refractivity contribution is 6.38. The Labute approximate surface area is 179 Å². The number of aryl methyl sites for hydroxylation is 1. The molecule has 2 heterocycles. The Morgan fingerprint density at radius 3 is 2.73 bits per heavy atom. The lowest BCUT2D eigenvalue weighted by Crippen LogP contribution is -2.26. The summed E-state index contributed by atoms with van der Waals surface area (Å²) in [7, 11) is 1.61. The molecule has 6 nitrogen and oxygen atoms in total. The van der Waals surface area contributed by atoms with E-state index in [1.807, 2.05) is 61.5 Å². The number of hydrogen-bond acceptors (Lipinski definition) is 4. The van der Waals surface area contributed by atoms with Crippen molar-refractivity contribution in [3.05, 3.63) is 82.6 Å². The fourth-order valence-electron chi connectivity index (χ4n) is 3.35. The third-order valence-corrected chi connectivity index (χ3v) is 5.29. The van der Waals surface area contributed by atoms with Crippen LogP contribution in [0.1, 0.15) is 21.6 Å². The molecule has 1 N–H and O–H groups in total. The number of fused-ring (bicyclic) bond motifs is 1. The van der Waals surface area contributed by atoms with E-state index in [2.05, 4.69) is 15.4 Å². The minimum atomic E-state index is -0.251. The Morgan fingerprint density at radius 2 is 1.97 bits per heavy atom. The first kappa shape index (κ1) is 19.9. The molecule has 0 aliphatic carbocycles. The van der Waals surface area contributed by atoms with Crippen molar-refractivity contribution in [1.82, 2.24) is 20.1 Å². The fourth-order valence-corrected chi connectivity index (χ4v) is 3.71. The van der Waals surface area contributed by atoms with E-state index in [4.69, 9.17) is 16.3 Å². The molecule has 0 bridgehead atoms. The van der Waals surface area contributed by atoms with E-state index in [1.165, 1.54) is 6.20 Å². The van der Waals surface area contributed by atoms with Gasteiger partial charge in [-0.3, -0.25) is 4.79 Å². The van der Waals surface area contributed by atoms with Crippen molar-refractivity contribution in [2.24, 2.45) is 0 Å². The average Bonchev–Trinajstić information content (AvgIpc) is 3.12. The molecule has 4 rings (SSSR count). The van der Waals surface area contributed by atoms with E-state index in [-0.39, 0.29) is 5.91 Å². The normalized spacial score (nSPS) is 10.9. The van der Waals surface area contributed by atoms with Gasteiger partial charge in [0.1, 0.15) is 5.75 Å². The average molecular weight is 421 g/mol. The van der Waals surface area contributed by atoms with Crippen LogP contribution in [0.4, 0.5) is 0 Å². The largest absolute Gasteiger partial charge is 0.497 e. The van der Waals surface area contributed by atoms with Gasteiger partial charge in [-0.2, -0.15) is 5.10 Å². The number of nitrogens with one attached hydrogen (secondary N) is 1. The highest BCUT2D eigenvalue weighted by Crippen LogP contribution is 2.30. The minimum Gasteiger partial charge on any atom is -0.497 e. The van der Waals surface area contributed by atoms with E-state index in [9.17, 15) is 4.79 Å². The van der Waals surface area contributed by atoms with Gasteiger partial charge in [-0.1, -0.05) is 48.0 Å². The van der Waals surface area contributed by atoms with E-state index in [1.54, 1.807) is 11.8 Å². The maximum absolute atomic E-state index is 12.7. The van der Waals surface area contributed by atoms with Gasteiger partial charge in [0.05, 0.1) is 34.5 Å². The van der Waals surface area contributed by atoms with Crippen LogP contribution >= 0.6 is 11.6 Å². The van der Waals surface area contributed by atoms with Crippen molar-refractivity contribution in [3.63, 3.8) is 0 Å². The van der Waals surface area contributed by atoms with Crippen LogP contribution in [-0.4, -0.2) is 34.3 Å². The molecule has 7 heteroatoms. The SMILES string of the molecule is COc1cccc(-n2nc(C)c3c(Cl)c(C(=O)NCCc4ccccc4)cnc32)c1. The number of aromatic nitrogens is 3. The number of methoxy groups -OCH3 is 1. The molecule has 2 aromatic carbocycles. The van der Waals surface area contributed by atoms with Crippen LogP contribution in [0.2, 0.25) is 5.02 Å². The summed E-state index contributed by atoms with van der Waals surface area (Å²) >= 11 is 6.62. The second kappa shape index (κ2) is 8.55. The predicted molar refractivity (Wildman–Crippen MR) is 118 cm³/mol. The van der Waals surface area contributed by atoms with Gasteiger partial charge in [-0.05, 0) is 31.0 Å². The Morgan fingerprint density at radius 1 is 1.17 bits per heavy atom. The Bertz CT molecular complexity index is 1200. The Kier molecular flexibility index (Phi) is 5.68. The molecule has 152 valence electrons. The number of carbonyl (C=O) groups excluding carboxylic acids is 1. The molecule has 0 unspecified atom stereocenters. The molecule has 0 fully saturated rings. The van der Waals surface area contributed by atoms with Crippen LogP contribution in [0.25, 0.3) is 16.7 Å². The first-order chi connectivity index (χ1) is 14.6. The van der Waals surface area contributed by atoms with Crippen molar-refractivity contribution in [2.45, 2.75) is 13.3 Å². The monoisotopic (exact) mass is 420 g/mol. The minimum absolute atomic E-state index is 0.251. The van der Waals surface area contributed by atoms with Crippen molar-refractivity contribution < 1.29 is 9.53 Å². The topological polar surface area (TPSA) is 69.0 Å². The third-order valence-electron chi connectivity index (χ3n) is 4.89. The van der Waals surface area contributed by atoms with Crippen LogP contribution in [0.15, 0.2) is 60.8 Å². The highest BCUT2D eigenvalue weighted by Gasteiger charge is 2.20. The zero-order valence-corrected chi connectivity index (χ0v) is 17.5. The number of nitrogens with zero attached hydrogens (tertiary/aromatic N) is 3. The van der Waals surface area contributed by atoms with Crippen LogP contribution in [0.5, 0.6) is 5.75 Å². The maximum Gasteiger partial charge on any atom is 0.254 e. The molecule has 0 atom stereocenters. The maximum atomic E-state index is 12.7. The molecule has 0 radical (unpaired) electrons. The molecule has 0 saturated carbocycles. The van der Waals surface area contributed by atoms with Crippen LogP contribution in [-0.2, 0) is 6.42 Å². The van der Waals surface area contributed by atoms with E-state index < -0.39 is 0 Å². The van der Waals surface area contributed by atoms with E-state index in [0.717, 1.165) is 17.7 Å². The predicted octanol–water partition coefficient (Wildman–Crippen LogP) is 4.36. The van der Waals surface area contributed by atoms with Crippen LogP contribution < -0.4 is 10.1 Å². The zero-order valence-electron chi connectivity index (χ0n) is 16.7. The second-order valence-electron chi connectivity index (χ2n) is 6.87. The fraction of sp³-hybridized carbons (Fsp3) is 0.174. The van der Waals surface area contributed by atoms with Crippen molar-refractivity contribution in [1.29, 1.82) is 0 Å². The van der Waals surface area contributed by atoms with Gasteiger partial charge in [0, 0.05) is 18.8 Å². The van der Waals surface area contributed by atoms with Gasteiger partial charge in [-0.15, -0.1) is 0 Å². The molecule has 0 aliphatic heterocycles. The smallest absolute Gasteiger partial charge is 0.254 e. The number of halogens is 1. The molecule has 2 aromatic heterocycles. The highest BCUT2D eigenvalue weighted by atomic mass is 35.5. The first-order valence-electron chi connectivity index (χ1n) is 9.59. The number of ether oxygens (including phenoxy) is 1. The molecular formula is C23H21ClN4O2. The van der Waals surface area contributed by atoms with Gasteiger partial charge in [0.25, 0.3) is 5.91 Å². The molecule has 4 aromatic rings. The lowest BCUT2D eigenvalue weighted by molar-refractivity contribution is 0.0954. The van der Waals surface area contributed by atoms with Crippen LogP contribution in [0, 0.1) is 6.92 Å². The molecular weight excluding hydrogens is 400 g/mol. The quantitative estimate of drug-likeness (QED) is 0.503. The standard InChI is InChI=1S/C23H21ClN4O2/c1-15-20-21(24)19(23(29)25-12-11-16-7-4-3-5-8-16)14-26-22(20)28(27-15)17-9-6-10-18(13-17)30-2/h3-10,13-14H,11-12H2,1-2H3,(H,25,29). The molecule has 0 aliphatic rings. The number of carbonyl (C=O) groups is 1. The first-order valence-corrected chi connectivity index (χ1v) is 9.96. The lowest BCUT2D eigenvalue weighted by Gasteiger charge is -2.08. The van der Waals surface area contributed by atoms with Gasteiger partial charge >= 0.3 is 0 Å². The summed E-state index contributed by atoms with van der Waals surface area (Å²) in [6, 6.07) is 17.5. The second-order valence-corrected chi connectivity index (χ2v) is 7.25. The Hall–Kier alpha value is -3.38. The summed E-state index contributed by atoms with van der Waals surface area (Å²) in [5, 5.41) is 8.51. The van der Waals surface area contributed by atoms with Gasteiger partial charge < -0.3 is 10.1 Å². The summed E-state index contributed by atoms with van der Waals surface area (Å²) < 4.78 is 7.00. The molecule has 0 saturated heterocycles. The summed E-state index contributed by atoms with van der Waals surface area (Å²) in [6.45, 7) is 2.36. The van der Waals surface area contributed by atoms with Crippen molar-refractivity contribution >= 4 is 28.5 Å². The summed E-state index contributed by atoms with van der Waals surface area (Å²) in [6.07, 6.45) is 2.24. The summed E-state index contributed by atoms with van der Waals surface area (Å²) in [5.74, 6) is 0.466. The number of benzene rings is 2. The van der Waals surface area contributed by atoms with E-state index in [0.29, 0.717) is 39.6 Å². The summed E-state index contributed by atoms with van der Waals surface area (Å²) in [5.41, 5.74) is 3.59. The van der Waals surface area contributed by atoms with E-state index >= 15 is 0 Å². The van der Waals surface area contributed by atoms with Gasteiger partial charge in [-0.25, -0.2) is 9.67 Å². The number of rotatable bonds is 6. The zero-order chi connectivity index (χ0) is 21.1. The molecule has 1 amide bonds. The molecule has 30 heavy (non-hydrogen) atoms. The number of hydrogen-bond donors (Lipinski definition) is 1. The van der Waals surface area contributed by atoms with Gasteiger partial charge in [0.2, 0.25) is 0 Å². The Balaban J connectivity index is 1.61. The number of pyridine rings is 1. The van der Waals surface area contributed by atoms with Crippen LogP contribution in [0.3, 0.4) is 0 Å². The lowest BCUT2D eigenvalue weighted by atomic mass is 10.1. The van der Waals surface area contributed by atoms with Gasteiger partial charge in [0.15, 0.2) is 5.65 Å². The molecule has 0 spiro atoms. The van der Waals surface area contributed by atoms with Crippen molar-refractivity contribution in [2.75, 3.05) is 13.7 Å². The van der Waals surface area contributed by atoms with Crippen molar-refractivity contribution in [3.8, 4) is 11.4 Å².